The maximum absolute atomic E-state index is 13.1. The van der Waals surface area contributed by atoms with Crippen LogP contribution in [0.5, 0.6) is 11.8 Å². The fraction of sp³-hybridized carbons (Fsp3) is 0. The molecule has 0 aliphatic rings. The molecule has 0 saturated heterocycles. The van der Waals surface area contributed by atoms with Crippen molar-refractivity contribution in [2.24, 2.45) is 0 Å². The summed E-state index contributed by atoms with van der Waals surface area (Å²) in [5.41, 5.74) is 5.83. The first-order valence-corrected chi connectivity index (χ1v) is 4.73. The van der Waals surface area contributed by atoms with E-state index in [1.807, 2.05) is 0 Å². The average Bonchev–Trinajstić information content (AvgIpc) is 2.27. The van der Waals surface area contributed by atoms with E-state index in [9.17, 15) is 4.39 Å². The quantitative estimate of drug-likeness (QED) is 0.875. The minimum atomic E-state index is -0.561. The normalized spacial score (nSPS) is 10.1. The van der Waals surface area contributed by atoms with Gasteiger partial charge in [-0.2, -0.15) is 0 Å². The van der Waals surface area contributed by atoms with Gasteiger partial charge in [-0.3, -0.25) is 0 Å². The van der Waals surface area contributed by atoms with E-state index in [4.69, 9.17) is 22.1 Å². The van der Waals surface area contributed by atoms with E-state index in [0.29, 0.717) is 5.69 Å². The molecule has 1 aromatic carbocycles. The van der Waals surface area contributed by atoms with Gasteiger partial charge in [0.05, 0.1) is 23.1 Å². The molecule has 0 atom stereocenters. The molecule has 2 rings (SSSR count). The molecule has 2 N–H and O–H groups in total. The molecule has 2 aromatic rings. The smallest absolute Gasteiger partial charge is 0.322 e. The predicted octanol–water partition coefficient (Wildman–Crippen LogP) is 2.64. The molecule has 82 valence electrons. The van der Waals surface area contributed by atoms with E-state index in [1.54, 1.807) is 0 Å². The van der Waals surface area contributed by atoms with E-state index < -0.39 is 5.82 Å². The summed E-state index contributed by atoms with van der Waals surface area (Å²) < 4.78 is 18.3. The van der Waals surface area contributed by atoms with Crippen molar-refractivity contribution in [3.05, 3.63) is 41.4 Å². The van der Waals surface area contributed by atoms with E-state index in [2.05, 4.69) is 9.97 Å². The Morgan fingerprint density at radius 3 is 2.56 bits per heavy atom. The van der Waals surface area contributed by atoms with Crippen LogP contribution in [-0.4, -0.2) is 9.97 Å². The topological polar surface area (TPSA) is 61.0 Å². The Bertz CT molecular complexity index is 504. The Balaban J connectivity index is 2.20. The maximum atomic E-state index is 13.1. The molecule has 4 nitrogen and oxygen atoms in total. The molecule has 1 heterocycles. The molecule has 0 saturated carbocycles. The van der Waals surface area contributed by atoms with Gasteiger partial charge in [0.25, 0.3) is 0 Å². The molecule has 0 bridgehead atoms. The zero-order valence-electron chi connectivity index (χ0n) is 8.02. The number of nitrogen functional groups attached to an aromatic ring is 1. The first kappa shape index (κ1) is 10.6. The zero-order valence-corrected chi connectivity index (χ0v) is 8.78. The van der Waals surface area contributed by atoms with Crippen LogP contribution in [0.2, 0.25) is 5.02 Å². The molecule has 0 spiro atoms. The lowest BCUT2D eigenvalue weighted by molar-refractivity contribution is 0.438. The number of rotatable bonds is 2. The van der Waals surface area contributed by atoms with Crippen molar-refractivity contribution < 1.29 is 9.13 Å². The van der Waals surface area contributed by atoms with Crippen molar-refractivity contribution in [1.29, 1.82) is 0 Å². The number of halogens is 2. The third kappa shape index (κ3) is 2.38. The van der Waals surface area contributed by atoms with Crippen molar-refractivity contribution in [3.63, 3.8) is 0 Å². The molecule has 0 unspecified atom stereocenters. The molecule has 1 aromatic heterocycles. The third-order valence-electron chi connectivity index (χ3n) is 1.75. The summed E-state index contributed by atoms with van der Waals surface area (Å²) in [6, 6.07) is 4.16. The van der Waals surface area contributed by atoms with E-state index >= 15 is 0 Å². The number of nitrogens with two attached hydrogens (primary N) is 1. The highest BCUT2D eigenvalue weighted by atomic mass is 35.5. The number of ether oxygens (including phenoxy) is 1. The van der Waals surface area contributed by atoms with Crippen LogP contribution in [0.25, 0.3) is 0 Å². The molecular weight excluding hydrogens is 233 g/mol. The Morgan fingerprint density at radius 1 is 1.25 bits per heavy atom. The molecule has 0 amide bonds. The number of benzene rings is 1. The number of anilines is 1. The molecule has 6 heteroatoms. The summed E-state index contributed by atoms with van der Waals surface area (Å²) in [4.78, 5) is 7.62. The lowest BCUT2D eigenvalue weighted by atomic mass is 10.3. The van der Waals surface area contributed by atoms with Gasteiger partial charge in [-0.05, 0) is 12.1 Å². The van der Waals surface area contributed by atoms with Crippen LogP contribution in [0.4, 0.5) is 10.1 Å². The van der Waals surface area contributed by atoms with Crippen LogP contribution in [0, 0.1) is 5.82 Å². The molecule has 0 radical (unpaired) electrons. The van der Waals surface area contributed by atoms with Crippen LogP contribution in [-0.2, 0) is 0 Å². The molecule has 0 aliphatic carbocycles. The summed E-state index contributed by atoms with van der Waals surface area (Å²) in [6.45, 7) is 0. The summed E-state index contributed by atoms with van der Waals surface area (Å²) in [6.07, 6.45) is 2.79. The number of aromatic nitrogens is 2. The second kappa shape index (κ2) is 4.32. The largest absolute Gasteiger partial charge is 0.424 e. The van der Waals surface area contributed by atoms with Crippen LogP contribution in [0.1, 0.15) is 0 Å². The maximum Gasteiger partial charge on any atom is 0.322 e. The second-order valence-corrected chi connectivity index (χ2v) is 3.38. The lowest BCUT2D eigenvalue weighted by Crippen LogP contribution is -1.94. The first-order chi connectivity index (χ1) is 7.65. The fourth-order valence-electron chi connectivity index (χ4n) is 1.02. The monoisotopic (exact) mass is 239 g/mol. The van der Waals surface area contributed by atoms with Crippen LogP contribution < -0.4 is 10.5 Å². The SMILES string of the molecule is Nc1cnc(Oc2ccc(Cl)c(F)c2)nc1. The van der Waals surface area contributed by atoms with Gasteiger partial charge in [0.2, 0.25) is 0 Å². The molecule has 16 heavy (non-hydrogen) atoms. The molecule has 0 fully saturated rings. The van der Waals surface area contributed by atoms with Gasteiger partial charge in [0.1, 0.15) is 11.6 Å². The predicted molar refractivity (Wildman–Crippen MR) is 57.9 cm³/mol. The van der Waals surface area contributed by atoms with E-state index in [-0.39, 0.29) is 16.8 Å². The van der Waals surface area contributed by atoms with E-state index in [1.165, 1.54) is 24.5 Å². The van der Waals surface area contributed by atoms with Crippen LogP contribution in [0.15, 0.2) is 30.6 Å². The molecular formula is C10H7ClFN3O. The number of hydrogen-bond donors (Lipinski definition) is 1. The van der Waals surface area contributed by atoms with Crippen molar-refractivity contribution in [1.82, 2.24) is 9.97 Å². The highest BCUT2D eigenvalue weighted by Gasteiger charge is 2.04. The van der Waals surface area contributed by atoms with E-state index in [0.717, 1.165) is 6.07 Å². The molecule has 0 aliphatic heterocycles. The van der Waals surface area contributed by atoms with Gasteiger partial charge >= 0.3 is 6.01 Å². The van der Waals surface area contributed by atoms with Crippen molar-refractivity contribution in [2.45, 2.75) is 0 Å². The van der Waals surface area contributed by atoms with Gasteiger partial charge in [0, 0.05) is 6.07 Å². The summed E-state index contributed by atoms with van der Waals surface area (Å²) >= 11 is 5.53. The van der Waals surface area contributed by atoms with Crippen LogP contribution >= 0.6 is 11.6 Å². The first-order valence-electron chi connectivity index (χ1n) is 4.35. The summed E-state index contributed by atoms with van der Waals surface area (Å²) in [7, 11) is 0. The van der Waals surface area contributed by atoms with Crippen LogP contribution in [0.3, 0.4) is 0 Å². The zero-order chi connectivity index (χ0) is 11.5. The Labute approximate surface area is 95.9 Å². The standard InChI is InChI=1S/C10H7ClFN3O/c11-8-2-1-7(3-9(8)12)16-10-14-4-6(13)5-15-10/h1-5H,13H2. The highest BCUT2D eigenvalue weighted by molar-refractivity contribution is 6.30. The second-order valence-electron chi connectivity index (χ2n) is 2.98. The minimum absolute atomic E-state index is 0.0329. The fourth-order valence-corrected chi connectivity index (χ4v) is 1.14. The van der Waals surface area contributed by atoms with Crippen molar-refractivity contribution in [2.75, 3.05) is 5.73 Å². The van der Waals surface area contributed by atoms with Gasteiger partial charge in [-0.15, -0.1) is 0 Å². The Morgan fingerprint density at radius 2 is 1.94 bits per heavy atom. The third-order valence-corrected chi connectivity index (χ3v) is 2.05. The lowest BCUT2D eigenvalue weighted by Gasteiger charge is -2.03. The summed E-state index contributed by atoms with van der Waals surface area (Å²) in [5, 5.41) is 0.0329. The van der Waals surface area contributed by atoms with Gasteiger partial charge in [-0.25, -0.2) is 14.4 Å². The number of hydrogen-bond acceptors (Lipinski definition) is 4. The highest BCUT2D eigenvalue weighted by Crippen LogP contribution is 2.23. The minimum Gasteiger partial charge on any atom is -0.424 e. The summed E-state index contributed by atoms with van der Waals surface area (Å²) in [5.74, 6) is -0.290. The average molecular weight is 240 g/mol. The van der Waals surface area contributed by atoms with Gasteiger partial charge in [-0.1, -0.05) is 11.6 Å². The number of nitrogens with zero attached hydrogens (tertiary/aromatic N) is 2. The van der Waals surface area contributed by atoms with Gasteiger partial charge < -0.3 is 10.5 Å². The van der Waals surface area contributed by atoms with Crippen molar-refractivity contribution in [3.8, 4) is 11.8 Å². The van der Waals surface area contributed by atoms with Gasteiger partial charge in [0.15, 0.2) is 0 Å². The van der Waals surface area contributed by atoms with Crippen molar-refractivity contribution >= 4 is 17.3 Å². The Hall–Kier alpha value is -1.88. The Kier molecular flexibility index (Phi) is 2.87.